The van der Waals surface area contributed by atoms with Gasteiger partial charge in [0.05, 0.1) is 13.3 Å². The number of phenolic OH excluding ortho intramolecular Hbond substituents is 1. The molecule has 1 amide bonds. The third-order valence-electron chi connectivity index (χ3n) is 7.28. The molecule has 6 nitrogen and oxygen atoms in total. The van der Waals surface area contributed by atoms with Gasteiger partial charge in [0, 0.05) is 6.42 Å². The Balaban J connectivity index is 1.37. The fraction of sp³-hybridized carbons (Fsp3) is 0.333. The lowest BCUT2D eigenvalue weighted by Crippen LogP contribution is -2.20. The van der Waals surface area contributed by atoms with Gasteiger partial charge in [0.2, 0.25) is 5.91 Å². The molecule has 0 saturated carbocycles. The summed E-state index contributed by atoms with van der Waals surface area (Å²) in [7, 11) is 1.60. The number of amides is 1. The van der Waals surface area contributed by atoms with E-state index in [0.717, 1.165) is 33.2 Å². The highest BCUT2D eigenvalue weighted by atomic mass is 16.5. The maximum Gasteiger partial charge on any atom is 0.240 e. The Bertz CT molecular complexity index is 1550. The van der Waals surface area contributed by atoms with E-state index in [1.165, 1.54) is 5.39 Å². The zero-order valence-corrected chi connectivity index (χ0v) is 25.7. The number of carbonyl (C=O) groups is 1. The van der Waals surface area contributed by atoms with Gasteiger partial charge in [-0.2, -0.15) is 5.10 Å². The van der Waals surface area contributed by atoms with Crippen LogP contribution in [0.5, 0.6) is 17.2 Å². The molecule has 0 unspecified atom stereocenters. The van der Waals surface area contributed by atoms with Gasteiger partial charge in [-0.3, -0.25) is 4.79 Å². The number of aromatic hydroxyl groups is 1. The standard InChI is InChI=1S/C36H42N2O4/c1-35(2,3)29-19-24(20-30(34(29)40)36(4,5)6)16-18-33(39)38-37-22-25-15-17-31(32(21-25)41-7)42-23-27-13-10-12-26-11-8-9-14-28(26)27/h8-15,17,19-22,40H,16,18,23H2,1-7H3,(H,38,39)/b37-22-. The first-order valence-corrected chi connectivity index (χ1v) is 14.3. The van der Waals surface area contributed by atoms with Crippen LogP contribution in [0, 0.1) is 0 Å². The monoisotopic (exact) mass is 566 g/mol. The summed E-state index contributed by atoms with van der Waals surface area (Å²) in [5.74, 6) is 1.37. The molecule has 6 heteroatoms. The van der Waals surface area contributed by atoms with Gasteiger partial charge in [0.15, 0.2) is 11.5 Å². The van der Waals surface area contributed by atoms with Gasteiger partial charge < -0.3 is 14.6 Å². The van der Waals surface area contributed by atoms with Crippen LogP contribution in [-0.4, -0.2) is 24.3 Å². The second kappa shape index (κ2) is 12.7. The van der Waals surface area contributed by atoms with Crippen LogP contribution in [0.3, 0.4) is 0 Å². The number of hydrazone groups is 1. The van der Waals surface area contributed by atoms with E-state index in [2.05, 4.69) is 76.3 Å². The van der Waals surface area contributed by atoms with Gasteiger partial charge in [-0.05, 0) is 74.0 Å². The zero-order valence-electron chi connectivity index (χ0n) is 25.7. The smallest absolute Gasteiger partial charge is 0.240 e. The summed E-state index contributed by atoms with van der Waals surface area (Å²) < 4.78 is 11.7. The largest absolute Gasteiger partial charge is 0.507 e. The van der Waals surface area contributed by atoms with Gasteiger partial charge in [-0.1, -0.05) is 96.1 Å². The van der Waals surface area contributed by atoms with Crippen molar-refractivity contribution in [1.29, 1.82) is 0 Å². The fourth-order valence-corrected chi connectivity index (χ4v) is 4.93. The Morgan fingerprint density at radius 3 is 2.21 bits per heavy atom. The number of fused-ring (bicyclic) bond motifs is 1. The van der Waals surface area contributed by atoms with Crippen molar-refractivity contribution in [2.45, 2.75) is 71.8 Å². The number of hydrogen-bond acceptors (Lipinski definition) is 5. The molecule has 42 heavy (non-hydrogen) atoms. The lowest BCUT2D eigenvalue weighted by molar-refractivity contribution is -0.121. The Kier molecular flexibility index (Phi) is 9.25. The van der Waals surface area contributed by atoms with Crippen molar-refractivity contribution in [3.63, 3.8) is 0 Å². The Morgan fingerprint density at radius 2 is 1.55 bits per heavy atom. The number of rotatable bonds is 9. The first-order valence-electron chi connectivity index (χ1n) is 14.3. The molecular formula is C36H42N2O4. The summed E-state index contributed by atoms with van der Waals surface area (Å²) in [6, 6.07) is 24.0. The molecule has 0 spiro atoms. The molecule has 4 aromatic rings. The molecule has 0 fully saturated rings. The zero-order chi connectivity index (χ0) is 30.5. The van der Waals surface area contributed by atoms with Crippen LogP contribution in [-0.2, 0) is 28.7 Å². The number of benzene rings is 4. The van der Waals surface area contributed by atoms with Crippen molar-refractivity contribution in [1.82, 2.24) is 5.43 Å². The molecule has 0 heterocycles. The average Bonchev–Trinajstić information content (AvgIpc) is 2.94. The number of hydrogen-bond donors (Lipinski definition) is 2. The SMILES string of the molecule is COc1cc(/C=N\NC(=O)CCc2cc(C(C)(C)C)c(O)c(C(C)(C)C)c2)ccc1OCc1cccc2ccccc12. The highest BCUT2D eigenvalue weighted by Gasteiger charge is 2.26. The number of nitrogens with one attached hydrogen (secondary N) is 1. The van der Waals surface area contributed by atoms with Crippen LogP contribution in [0.25, 0.3) is 10.8 Å². The van der Waals surface area contributed by atoms with Crippen LogP contribution in [0.4, 0.5) is 0 Å². The minimum atomic E-state index is -0.218. The Morgan fingerprint density at radius 1 is 0.881 bits per heavy atom. The summed E-state index contributed by atoms with van der Waals surface area (Å²) in [4.78, 5) is 12.6. The van der Waals surface area contributed by atoms with Crippen molar-refractivity contribution >= 4 is 22.9 Å². The summed E-state index contributed by atoms with van der Waals surface area (Å²) in [5.41, 5.74) is 6.86. The molecule has 0 aliphatic carbocycles. The van der Waals surface area contributed by atoms with Gasteiger partial charge >= 0.3 is 0 Å². The van der Waals surface area contributed by atoms with E-state index < -0.39 is 0 Å². The van der Waals surface area contributed by atoms with Crippen LogP contribution in [0.1, 0.15) is 75.8 Å². The number of phenols is 1. The van der Waals surface area contributed by atoms with Crippen LogP contribution < -0.4 is 14.9 Å². The molecule has 4 rings (SSSR count). The maximum atomic E-state index is 12.6. The summed E-state index contributed by atoms with van der Waals surface area (Å²) in [5, 5.41) is 17.4. The molecule has 0 saturated heterocycles. The Hall–Kier alpha value is -4.32. The van der Waals surface area contributed by atoms with E-state index in [1.807, 2.05) is 48.5 Å². The van der Waals surface area contributed by atoms with E-state index in [-0.39, 0.29) is 23.2 Å². The van der Waals surface area contributed by atoms with Gasteiger partial charge in [-0.25, -0.2) is 5.43 Å². The summed E-state index contributed by atoms with van der Waals surface area (Å²) in [6.45, 7) is 12.9. The van der Waals surface area contributed by atoms with E-state index in [4.69, 9.17) is 9.47 Å². The number of nitrogens with zero attached hydrogens (tertiary/aromatic N) is 1. The molecule has 0 atom stereocenters. The molecule has 0 aliphatic heterocycles. The lowest BCUT2D eigenvalue weighted by atomic mass is 9.78. The first-order chi connectivity index (χ1) is 19.9. The van der Waals surface area contributed by atoms with Crippen molar-refractivity contribution in [2.24, 2.45) is 5.10 Å². The van der Waals surface area contributed by atoms with Crippen molar-refractivity contribution < 1.29 is 19.4 Å². The summed E-state index contributed by atoms with van der Waals surface area (Å²) in [6.07, 6.45) is 2.41. The number of ether oxygens (including phenoxy) is 2. The quantitative estimate of drug-likeness (QED) is 0.160. The van der Waals surface area contributed by atoms with E-state index >= 15 is 0 Å². The van der Waals surface area contributed by atoms with Gasteiger partial charge in [0.1, 0.15) is 12.4 Å². The first kappa shape index (κ1) is 30.6. The molecular weight excluding hydrogens is 524 g/mol. The highest BCUT2D eigenvalue weighted by molar-refractivity contribution is 5.86. The number of methoxy groups -OCH3 is 1. The van der Waals surface area contributed by atoms with Crippen molar-refractivity contribution in [3.8, 4) is 17.2 Å². The Labute approximate surface area is 249 Å². The van der Waals surface area contributed by atoms with Gasteiger partial charge in [0.25, 0.3) is 0 Å². The molecule has 220 valence electrons. The highest BCUT2D eigenvalue weighted by Crippen LogP contribution is 2.40. The normalized spacial score (nSPS) is 12.1. The van der Waals surface area contributed by atoms with E-state index in [9.17, 15) is 9.90 Å². The summed E-state index contributed by atoms with van der Waals surface area (Å²) >= 11 is 0. The van der Waals surface area contributed by atoms with Crippen molar-refractivity contribution in [2.75, 3.05) is 7.11 Å². The van der Waals surface area contributed by atoms with Crippen molar-refractivity contribution in [3.05, 3.63) is 101 Å². The average molecular weight is 567 g/mol. The third-order valence-corrected chi connectivity index (χ3v) is 7.28. The third kappa shape index (κ3) is 7.49. The minimum Gasteiger partial charge on any atom is -0.507 e. The number of carbonyl (C=O) groups excluding carboxylic acids is 1. The number of aryl methyl sites for hydroxylation is 1. The maximum absolute atomic E-state index is 12.6. The van der Waals surface area contributed by atoms with Crippen LogP contribution in [0.15, 0.2) is 77.9 Å². The topological polar surface area (TPSA) is 80.2 Å². The van der Waals surface area contributed by atoms with Crippen LogP contribution in [0.2, 0.25) is 0 Å². The lowest BCUT2D eigenvalue weighted by Gasteiger charge is -2.28. The second-order valence-electron chi connectivity index (χ2n) is 12.7. The predicted molar refractivity (Wildman–Crippen MR) is 171 cm³/mol. The molecule has 0 radical (unpaired) electrons. The second-order valence-corrected chi connectivity index (χ2v) is 12.7. The molecule has 4 aromatic carbocycles. The minimum absolute atomic E-state index is 0.184. The van der Waals surface area contributed by atoms with E-state index in [1.54, 1.807) is 13.3 Å². The molecule has 2 N–H and O–H groups in total. The molecule has 0 bridgehead atoms. The van der Waals surface area contributed by atoms with Gasteiger partial charge in [-0.15, -0.1) is 0 Å². The fourth-order valence-electron chi connectivity index (χ4n) is 4.93. The molecule has 0 aromatic heterocycles. The van der Waals surface area contributed by atoms with E-state index in [0.29, 0.717) is 30.3 Å². The molecule has 0 aliphatic rings. The predicted octanol–water partition coefficient (Wildman–Crippen LogP) is 7.81. The van der Waals surface area contributed by atoms with Crippen LogP contribution >= 0.6 is 0 Å².